The molecule has 1 amide bonds. The molecule has 0 aromatic heterocycles. The number of methoxy groups -OCH3 is 1. The van der Waals surface area contributed by atoms with E-state index in [9.17, 15) is 4.79 Å². The third-order valence-electron chi connectivity index (χ3n) is 7.39. The van der Waals surface area contributed by atoms with Crippen molar-refractivity contribution < 1.29 is 14.3 Å². The first-order valence-corrected chi connectivity index (χ1v) is 10.8. The number of nitrogens with zero attached hydrogens (tertiary/aromatic N) is 1. The van der Waals surface area contributed by atoms with Crippen LogP contribution in [0.25, 0.3) is 0 Å². The number of benzene rings is 2. The monoisotopic (exact) mass is 403 g/mol. The van der Waals surface area contributed by atoms with Gasteiger partial charge in [0.25, 0.3) is 5.91 Å². The molecule has 0 N–H and O–H groups in total. The second-order valence-electron chi connectivity index (χ2n) is 9.41. The maximum absolute atomic E-state index is 13.2. The van der Waals surface area contributed by atoms with Crippen LogP contribution in [0.1, 0.15) is 32.8 Å². The standard InChI is InChI=1S/C26H29NO3/c1-16-14-20-22(26(20,2)3)21(16)23-24(30-15-17-8-6-5-7-9-17)25(28)27(23)18-10-12-19(29-4)13-11-18/h5-13,20,22-24H,14-15H2,1-4H3/t20-,22+,23+,24-/m1/s1. The first kappa shape index (κ1) is 19.4. The fraction of sp³-hybridized carbons (Fsp3) is 0.423. The highest BCUT2D eigenvalue weighted by atomic mass is 16.5. The zero-order valence-corrected chi connectivity index (χ0v) is 18.1. The van der Waals surface area contributed by atoms with Crippen LogP contribution in [0.5, 0.6) is 5.75 Å². The molecule has 1 saturated heterocycles. The Labute approximate surface area is 178 Å². The van der Waals surface area contributed by atoms with Gasteiger partial charge in [-0.2, -0.15) is 0 Å². The first-order valence-electron chi connectivity index (χ1n) is 10.8. The summed E-state index contributed by atoms with van der Waals surface area (Å²) in [6.45, 7) is 7.40. The Morgan fingerprint density at radius 3 is 2.40 bits per heavy atom. The second-order valence-corrected chi connectivity index (χ2v) is 9.41. The highest BCUT2D eigenvalue weighted by Crippen LogP contribution is 2.70. The molecule has 2 aliphatic carbocycles. The summed E-state index contributed by atoms with van der Waals surface area (Å²) in [6, 6.07) is 17.8. The number of anilines is 1. The lowest BCUT2D eigenvalue weighted by atomic mass is 9.82. The summed E-state index contributed by atoms with van der Waals surface area (Å²) < 4.78 is 11.5. The lowest BCUT2D eigenvalue weighted by molar-refractivity contribution is -0.142. The van der Waals surface area contributed by atoms with E-state index in [-0.39, 0.29) is 11.9 Å². The summed E-state index contributed by atoms with van der Waals surface area (Å²) in [4.78, 5) is 15.2. The Morgan fingerprint density at radius 2 is 1.77 bits per heavy atom. The quantitative estimate of drug-likeness (QED) is 0.504. The van der Waals surface area contributed by atoms with Crippen LogP contribution in [0, 0.1) is 17.3 Å². The van der Waals surface area contributed by atoms with Crippen molar-refractivity contribution in [2.75, 3.05) is 12.0 Å². The molecule has 2 aromatic carbocycles. The maximum Gasteiger partial charge on any atom is 0.259 e. The van der Waals surface area contributed by atoms with Gasteiger partial charge in [0.15, 0.2) is 6.10 Å². The molecule has 0 bridgehead atoms. The van der Waals surface area contributed by atoms with E-state index in [0.29, 0.717) is 23.9 Å². The maximum atomic E-state index is 13.2. The molecule has 1 aliphatic heterocycles. The molecule has 0 spiro atoms. The van der Waals surface area contributed by atoms with Gasteiger partial charge in [-0.1, -0.05) is 49.8 Å². The summed E-state index contributed by atoms with van der Waals surface area (Å²) >= 11 is 0. The van der Waals surface area contributed by atoms with E-state index in [1.807, 2.05) is 59.5 Å². The van der Waals surface area contributed by atoms with Gasteiger partial charge in [-0.15, -0.1) is 0 Å². The molecule has 2 aromatic rings. The van der Waals surface area contributed by atoms with Crippen molar-refractivity contribution in [2.45, 2.75) is 45.9 Å². The van der Waals surface area contributed by atoms with Gasteiger partial charge in [-0.05, 0) is 66.0 Å². The molecular weight excluding hydrogens is 374 g/mol. The number of carbonyl (C=O) groups excluding carboxylic acids is 1. The normalized spacial score (nSPS) is 28.9. The van der Waals surface area contributed by atoms with E-state index in [2.05, 4.69) is 20.8 Å². The van der Waals surface area contributed by atoms with Crippen molar-refractivity contribution in [1.82, 2.24) is 0 Å². The van der Waals surface area contributed by atoms with Crippen LogP contribution in [0.2, 0.25) is 0 Å². The Hall–Kier alpha value is -2.59. The van der Waals surface area contributed by atoms with Crippen LogP contribution in [0.3, 0.4) is 0 Å². The van der Waals surface area contributed by atoms with Crippen molar-refractivity contribution in [2.24, 2.45) is 17.3 Å². The van der Waals surface area contributed by atoms with Crippen molar-refractivity contribution in [1.29, 1.82) is 0 Å². The zero-order valence-electron chi connectivity index (χ0n) is 18.1. The van der Waals surface area contributed by atoms with E-state index < -0.39 is 6.10 Å². The number of fused-ring (bicyclic) bond motifs is 1. The van der Waals surface area contributed by atoms with E-state index in [1.54, 1.807) is 7.11 Å². The number of β-lactam (4-membered cyclic amide) rings is 1. The van der Waals surface area contributed by atoms with Crippen LogP contribution in [0.15, 0.2) is 65.7 Å². The first-order chi connectivity index (χ1) is 14.4. The minimum absolute atomic E-state index is 0.0219. The minimum atomic E-state index is -0.424. The number of hydrogen-bond acceptors (Lipinski definition) is 3. The molecule has 3 aliphatic rings. The lowest BCUT2D eigenvalue weighted by Gasteiger charge is -2.48. The van der Waals surface area contributed by atoms with E-state index >= 15 is 0 Å². The SMILES string of the molecule is COc1ccc(N2C(=O)[C@H](OCc3ccccc3)[C@@H]2C2=C(C)C[C@@H]3[C@@H]2C3(C)C)cc1. The number of hydrogen-bond donors (Lipinski definition) is 0. The molecule has 1 saturated carbocycles. The molecular formula is C26H29NO3. The molecule has 4 nitrogen and oxygen atoms in total. The van der Waals surface area contributed by atoms with Crippen LogP contribution in [0.4, 0.5) is 5.69 Å². The highest BCUT2D eigenvalue weighted by Gasteiger charge is 2.67. The Bertz CT molecular complexity index is 993. The summed E-state index contributed by atoms with van der Waals surface area (Å²) in [7, 11) is 1.65. The van der Waals surface area contributed by atoms with Crippen LogP contribution < -0.4 is 9.64 Å². The van der Waals surface area contributed by atoms with E-state index in [0.717, 1.165) is 23.4 Å². The van der Waals surface area contributed by atoms with Crippen LogP contribution in [-0.4, -0.2) is 25.2 Å². The average molecular weight is 404 g/mol. The van der Waals surface area contributed by atoms with Gasteiger partial charge in [0.05, 0.1) is 19.8 Å². The Kier molecular flexibility index (Phi) is 4.51. The minimum Gasteiger partial charge on any atom is -0.497 e. The summed E-state index contributed by atoms with van der Waals surface area (Å²) in [6.07, 6.45) is 0.715. The molecule has 1 heterocycles. The van der Waals surface area contributed by atoms with Crippen LogP contribution >= 0.6 is 0 Å². The molecule has 0 unspecified atom stereocenters. The van der Waals surface area contributed by atoms with E-state index in [4.69, 9.17) is 9.47 Å². The fourth-order valence-electron chi connectivity index (χ4n) is 5.61. The third-order valence-corrected chi connectivity index (χ3v) is 7.39. The van der Waals surface area contributed by atoms with Crippen molar-refractivity contribution in [3.8, 4) is 5.75 Å². The Morgan fingerprint density at radius 1 is 1.07 bits per heavy atom. The van der Waals surface area contributed by atoms with Crippen molar-refractivity contribution in [3.05, 3.63) is 71.3 Å². The molecule has 2 fully saturated rings. The number of ether oxygens (including phenoxy) is 2. The predicted molar refractivity (Wildman–Crippen MR) is 117 cm³/mol. The molecule has 30 heavy (non-hydrogen) atoms. The summed E-state index contributed by atoms with van der Waals surface area (Å²) in [5.41, 5.74) is 5.19. The average Bonchev–Trinajstić information content (AvgIpc) is 3.08. The lowest BCUT2D eigenvalue weighted by Crippen LogP contribution is -2.67. The van der Waals surface area contributed by atoms with Gasteiger partial charge >= 0.3 is 0 Å². The van der Waals surface area contributed by atoms with Gasteiger partial charge < -0.3 is 9.47 Å². The second kappa shape index (κ2) is 6.98. The van der Waals surface area contributed by atoms with Gasteiger partial charge in [0.1, 0.15) is 5.75 Å². The molecule has 4 heteroatoms. The van der Waals surface area contributed by atoms with E-state index in [1.165, 1.54) is 11.1 Å². The topological polar surface area (TPSA) is 38.8 Å². The predicted octanol–water partition coefficient (Wildman–Crippen LogP) is 4.99. The zero-order chi connectivity index (χ0) is 21.0. The van der Waals surface area contributed by atoms with Gasteiger partial charge in [-0.25, -0.2) is 0 Å². The number of allylic oxidation sites excluding steroid dienone is 1. The van der Waals surface area contributed by atoms with Gasteiger partial charge in [-0.3, -0.25) is 9.69 Å². The fourth-order valence-corrected chi connectivity index (χ4v) is 5.61. The largest absolute Gasteiger partial charge is 0.497 e. The smallest absolute Gasteiger partial charge is 0.259 e. The number of carbonyl (C=O) groups is 1. The Balaban J connectivity index is 1.45. The van der Waals surface area contributed by atoms with Crippen molar-refractivity contribution in [3.63, 3.8) is 0 Å². The highest BCUT2D eigenvalue weighted by molar-refractivity contribution is 6.06. The molecule has 4 atom stereocenters. The molecule has 0 radical (unpaired) electrons. The number of rotatable bonds is 6. The van der Waals surface area contributed by atoms with Gasteiger partial charge in [0, 0.05) is 5.69 Å². The van der Waals surface area contributed by atoms with Crippen molar-refractivity contribution >= 4 is 11.6 Å². The van der Waals surface area contributed by atoms with Gasteiger partial charge in [0.2, 0.25) is 0 Å². The molecule has 5 rings (SSSR count). The molecule has 156 valence electrons. The summed E-state index contributed by atoms with van der Waals surface area (Å²) in [5, 5.41) is 0. The summed E-state index contributed by atoms with van der Waals surface area (Å²) in [5.74, 6) is 2.10. The third kappa shape index (κ3) is 2.89. The van der Waals surface area contributed by atoms with Crippen LogP contribution in [-0.2, 0) is 16.1 Å². The number of amides is 1.